The fraction of sp³-hybridized carbons (Fsp3) is 0.211. The number of benzene rings is 1. The highest BCUT2D eigenvalue weighted by molar-refractivity contribution is 7.17. The van der Waals surface area contributed by atoms with E-state index in [2.05, 4.69) is 16.4 Å². The van der Waals surface area contributed by atoms with E-state index in [1.807, 2.05) is 33.9 Å². The number of fused-ring (bicyclic) bond motifs is 1. The minimum atomic E-state index is -0.107. The maximum Gasteiger partial charge on any atom is 0.265 e. The fourth-order valence-corrected chi connectivity index (χ4v) is 4.70. The Kier molecular flexibility index (Phi) is 4.57. The van der Waals surface area contributed by atoms with Crippen LogP contribution in [-0.4, -0.2) is 28.2 Å². The summed E-state index contributed by atoms with van der Waals surface area (Å²) in [6.45, 7) is 2.66. The van der Waals surface area contributed by atoms with Crippen molar-refractivity contribution in [3.8, 4) is 10.6 Å². The van der Waals surface area contributed by atoms with E-state index in [1.165, 1.54) is 23.8 Å². The highest BCUT2D eigenvalue weighted by Crippen LogP contribution is 2.30. The predicted octanol–water partition coefficient (Wildman–Crippen LogP) is 4.03. The van der Waals surface area contributed by atoms with Crippen molar-refractivity contribution in [1.82, 2.24) is 9.88 Å². The highest BCUT2D eigenvalue weighted by Gasteiger charge is 2.25. The largest absolute Gasteiger partial charge is 0.333 e. The Morgan fingerprint density at radius 1 is 1.27 bits per heavy atom. The van der Waals surface area contributed by atoms with Gasteiger partial charge >= 0.3 is 0 Å². The average Bonchev–Trinajstić information content (AvgIpc) is 3.32. The van der Waals surface area contributed by atoms with Gasteiger partial charge in [0, 0.05) is 36.6 Å². The van der Waals surface area contributed by atoms with E-state index in [1.54, 1.807) is 17.5 Å². The molecule has 1 aliphatic rings. The summed E-state index contributed by atoms with van der Waals surface area (Å²) in [7, 11) is 0. The molecule has 0 atom stereocenters. The Morgan fingerprint density at radius 3 is 2.92 bits per heavy atom. The van der Waals surface area contributed by atoms with E-state index in [0.29, 0.717) is 18.0 Å². The van der Waals surface area contributed by atoms with Crippen LogP contribution in [0.1, 0.15) is 27.7 Å². The molecule has 0 saturated carbocycles. The zero-order valence-electron chi connectivity index (χ0n) is 14.2. The van der Waals surface area contributed by atoms with E-state index < -0.39 is 0 Å². The van der Waals surface area contributed by atoms with E-state index >= 15 is 0 Å². The van der Waals surface area contributed by atoms with Crippen molar-refractivity contribution >= 4 is 40.2 Å². The number of hydrogen-bond acceptors (Lipinski definition) is 5. The second kappa shape index (κ2) is 7.01. The van der Waals surface area contributed by atoms with Crippen LogP contribution in [0.15, 0.2) is 41.2 Å². The summed E-state index contributed by atoms with van der Waals surface area (Å²) in [4.78, 5) is 31.3. The van der Waals surface area contributed by atoms with Gasteiger partial charge in [-0.1, -0.05) is 12.1 Å². The number of thiazole rings is 1. The van der Waals surface area contributed by atoms with Crippen molar-refractivity contribution in [3.63, 3.8) is 0 Å². The van der Waals surface area contributed by atoms with Gasteiger partial charge in [0.25, 0.3) is 5.91 Å². The molecule has 0 fully saturated rings. The smallest absolute Gasteiger partial charge is 0.265 e. The number of nitrogens with zero attached hydrogens (tertiary/aromatic N) is 2. The molecule has 1 aliphatic heterocycles. The number of thiophene rings is 1. The lowest BCUT2D eigenvalue weighted by Gasteiger charge is -2.30. The second-order valence-corrected chi connectivity index (χ2v) is 7.95. The van der Waals surface area contributed by atoms with Gasteiger partial charge < -0.3 is 10.2 Å². The zero-order valence-corrected chi connectivity index (χ0v) is 15.8. The van der Waals surface area contributed by atoms with Gasteiger partial charge in [-0.05, 0) is 35.1 Å². The lowest BCUT2D eigenvalue weighted by molar-refractivity contribution is -0.114. The third-order valence-corrected chi connectivity index (χ3v) is 6.07. The highest BCUT2D eigenvalue weighted by atomic mass is 32.1. The standard InChI is InChI=1S/C19H17N3O2S2/c1-12(23)21-16-4-2-3-13-5-7-22(10-15(13)16)19(24)17-9-20-18(26-17)14-6-8-25-11-14/h2-4,6,8-9,11H,5,7,10H2,1H3,(H,21,23). The average molecular weight is 383 g/mol. The fourth-order valence-electron chi connectivity index (χ4n) is 3.11. The predicted molar refractivity (Wildman–Crippen MR) is 105 cm³/mol. The molecule has 26 heavy (non-hydrogen) atoms. The van der Waals surface area contributed by atoms with Gasteiger partial charge in [0.05, 0.1) is 6.20 Å². The molecule has 0 unspecified atom stereocenters. The molecule has 5 nitrogen and oxygen atoms in total. The van der Waals surface area contributed by atoms with Gasteiger partial charge in [0.1, 0.15) is 9.88 Å². The summed E-state index contributed by atoms with van der Waals surface area (Å²) in [5.41, 5.74) is 4.04. The summed E-state index contributed by atoms with van der Waals surface area (Å²) in [6, 6.07) is 7.89. The first kappa shape index (κ1) is 16.9. The molecule has 0 aliphatic carbocycles. The lowest BCUT2D eigenvalue weighted by Crippen LogP contribution is -2.36. The van der Waals surface area contributed by atoms with Crippen LogP contribution in [-0.2, 0) is 17.8 Å². The molecule has 3 heterocycles. The molecule has 3 aromatic rings. The number of amides is 2. The maximum atomic E-state index is 12.9. The zero-order chi connectivity index (χ0) is 18.1. The molecule has 1 aromatic carbocycles. The Hall–Kier alpha value is -2.51. The third kappa shape index (κ3) is 3.27. The summed E-state index contributed by atoms with van der Waals surface area (Å²) in [6.07, 6.45) is 2.44. The number of rotatable bonds is 3. The first-order valence-electron chi connectivity index (χ1n) is 8.28. The molecular formula is C19H17N3O2S2. The van der Waals surface area contributed by atoms with Gasteiger partial charge in [0.2, 0.25) is 5.91 Å². The van der Waals surface area contributed by atoms with Gasteiger partial charge in [-0.2, -0.15) is 11.3 Å². The van der Waals surface area contributed by atoms with Crippen LogP contribution in [0.4, 0.5) is 5.69 Å². The van der Waals surface area contributed by atoms with E-state index in [0.717, 1.165) is 28.2 Å². The second-order valence-electron chi connectivity index (χ2n) is 6.14. The van der Waals surface area contributed by atoms with E-state index in [4.69, 9.17) is 0 Å². The molecule has 132 valence electrons. The Morgan fingerprint density at radius 2 is 2.15 bits per heavy atom. The van der Waals surface area contributed by atoms with Gasteiger partial charge in [-0.3, -0.25) is 9.59 Å². The minimum absolute atomic E-state index is 0.00717. The molecule has 2 aromatic heterocycles. The lowest BCUT2D eigenvalue weighted by atomic mass is 9.97. The molecule has 1 N–H and O–H groups in total. The summed E-state index contributed by atoms with van der Waals surface area (Å²) < 4.78 is 0. The normalized spacial score (nSPS) is 13.3. The number of nitrogens with one attached hydrogen (secondary N) is 1. The van der Waals surface area contributed by atoms with Crippen molar-refractivity contribution < 1.29 is 9.59 Å². The molecule has 0 radical (unpaired) electrons. The van der Waals surface area contributed by atoms with Crippen molar-refractivity contribution in [1.29, 1.82) is 0 Å². The first-order valence-corrected chi connectivity index (χ1v) is 10.0. The van der Waals surface area contributed by atoms with Crippen molar-refractivity contribution in [3.05, 3.63) is 57.2 Å². The number of carbonyl (C=O) groups is 2. The topological polar surface area (TPSA) is 62.3 Å². The Balaban J connectivity index is 1.57. The van der Waals surface area contributed by atoms with Crippen molar-refractivity contribution in [2.45, 2.75) is 19.9 Å². The van der Waals surface area contributed by atoms with Crippen molar-refractivity contribution in [2.75, 3.05) is 11.9 Å². The molecule has 0 spiro atoms. The molecular weight excluding hydrogens is 366 g/mol. The monoisotopic (exact) mass is 383 g/mol. The summed E-state index contributed by atoms with van der Waals surface area (Å²) in [5.74, 6) is -0.114. The molecule has 2 amide bonds. The van der Waals surface area contributed by atoms with Crippen molar-refractivity contribution in [2.24, 2.45) is 0 Å². The molecule has 7 heteroatoms. The van der Waals surface area contributed by atoms with Crippen LogP contribution in [0, 0.1) is 0 Å². The van der Waals surface area contributed by atoms with E-state index in [-0.39, 0.29) is 11.8 Å². The minimum Gasteiger partial charge on any atom is -0.333 e. The molecule has 4 rings (SSSR count). The molecule has 0 saturated heterocycles. The van der Waals surface area contributed by atoms with Crippen LogP contribution in [0.2, 0.25) is 0 Å². The Bertz CT molecular complexity index is 963. The van der Waals surface area contributed by atoms with Gasteiger partial charge in [0.15, 0.2) is 0 Å². The van der Waals surface area contributed by atoms with Gasteiger partial charge in [-0.25, -0.2) is 4.98 Å². The Labute approximate surface area is 159 Å². The van der Waals surface area contributed by atoms with Crippen LogP contribution in [0.5, 0.6) is 0 Å². The van der Waals surface area contributed by atoms with Crippen LogP contribution >= 0.6 is 22.7 Å². The number of anilines is 1. The number of hydrogen-bond donors (Lipinski definition) is 1. The van der Waals surface area contributed by atoms with Crippen LogP contribution in [0.3, 0.4) is 0 Å². The van der Waals surface area contributed by atoms with Crippen LogP contribution < -0.4 is 5.32 Å². The summed E-state index contributed by atoms with van der Waals surface area (Å²) in [5, 5.41) is 7.77. The quantitative estimate of drug-likeness (QED) is 0.743. The van der Waals surface area contributed by atoms with Gasteiger partial charge in [-0.15, -0.1) is 11.3 Å². The van der Waals surface area contributed by atoms with E-state index in [9.17, 15) is 9.59 Å². The third-order valence-electron chi connectivity index (χ3n) is 4.36. The summed E-state index contributed by atoms with van der Waals surface area (Å²) >= 11 is 3.04. The maximum absolute atomic E-state index is 12.9. The number of carbonyl (C=O) groups excluding carboxylic acids is 2. The molecule has 0 bridgehead atoms. The number of aromatic nitrogens is 1. The first-order chi connectivity index (χ1) is 12.6. The van der Waals surface area contributed by atoms with Crippen LogP contribution in [0.25, 0.3) is 10.6 Å². The SMILES string of the molecule is CC(=O)Nc1cccc2c1CN(C(=O)c1cnc(-c3ccsc3)s1)CC2.